The van der Waals surface area contributed by atoms with E-state index in [1.807, 2.05) is 11.0 Å². The number of pyridine rings is 1. The third kappa shape index (κ3) is 3.93. The molecule has 1 aromatic rings. The summed E-state index contributed by atoms with van der Waals surface area (Å²) in [5.74, 6) is 0.134. The maximum Gasteiger partial charge on any atom is 0.254 e. The first-order valence-electron chi connectivity index (χ1n) is 7.22. The molecule has 0 bridgehead atoms. The fourth-order valence-electron chi connectivity index (χ4n) is 2.79. The van der Waals surface area contributed by atoms with Crippen LogP contribution in [0.25, 0.3) is 0 Å². The minimum atomic E-state index is 0. The molecule has 20 heavy (non-hydrogen) atoms. The molecule has 2 rings (SSSR count). The average molecular weight is 298 g/mol. The van der Waals surface area contributed by atoms with Crippen molar-refractivity contribution in [1.29, 1.82) is 0 Å². The van der Waals surface area contributed by atoms with E-state index in [1.54, 1.807) is 12.3 Å². The van der Waals surface area contributed by atoms with Crippen LogP contribution in [0.3, 0.4) is 0 Å². The van der Waals surface area contributed by atoms with E-state index in [1.165, 1.54) is 6.42 Å². The molecule has 4 nitrogen and oxygen atoms in total. The van der Waals surface area contributed by atoms with Crippen LogP contribution in [0.1, 0.15) is 55.1 Å². The highest BCUT2D eigenvalue weighted by atomic mass is 35.5. The summed E-state index contributed by atoms with van der Waals surface area (Å²) in [6, 6.07) is 4.01. The van der Waals surface area contributed by atoms with Crippen LogP contribution < -0.4 is 5.73 Å². The number of amides is 1. The van der Waals surface area contributed by atoms with E-state index in [0.717, 1.165) is 43.5 Å². The molecule has 0 aromatic carbocycles. The lowest BCUT2D eigenvalue weighted by Crippen LogP contribution is -2.43. The number of aromatic nitrogens is 1. The van der Waals surface area contributed by atoms with E-state index in [0.29, 0.717) is 12.6 Å². The normalized spacial score (nSPS) is 18.5. The predicted octanol–water partition coefficient (Wildman–Crippen LogP) is 2.76. The quantitative estimate of drug-likeness (QED) is 0.929. The third-order valence-corrected chi connectivity index (χ3v) is 3.78. The van der Waals surface area contributed by atoms with E-state index in [4.69, 9.17) is 5.73 Å². The van der Waals surface area contributed by atoms with Gasteiger partial charge in [-0.25, -0.2) is 0 Å². The van der Waals surface area contributed by atoms with Crippen LogP contribution in [0.4, 0.5) is 0 Å². The van der Waals surface area contributed by atoms with Crippen molar-refractivity contribution < 1.29 is 4.79 Å². The average Bonchev–Trinajstić information content (AvgIpc) is 2.47. The maximum atomic E-state index is 12.6. The summed E-state index contributed by atoms with van der Waals surface area (Å²) in [5, 5.41) is 0. The number of carbonyl (C=O) groups is 1. The van der Waals surface area contributed by atoms with E-state index in [2.05, 4.69) is 11.9 Å². The highest BCUT2D eigenvalue weighted by Crippen LogP contribution is 2.23. The lowest BCUT2D eigenvalue weighted by molar-refractivity contribution is 0.0600. The van der Waals surface area contributed by atoms with Crippen molar-refractivity contribution in [3.8, 4) is 0 Å². The molecule has 1 amide bonds. The van der Waals surface area contributed by atoms with Crippen LogP contribution in [0.15, 0.2) is 18.3 Å². The molecule has 0 spiro atoms. The van der Waals surface area contributed by atoms with E-state index in [9.17, 15) is 4.79 Å². The van der Waals surface area contributed by atoms with Crippen molar-refractivity contribution in [1.82, 2.24) is 9.88 Å². The summed E-state index contributed by atoms with van der Waals surface area (Å²) in [4.78, 5) is 18.8. The van der Waals surface area contributed by atoms with Crippen molar-refractivity contribution in [3.63, 3.8) is 0 Å². The number of piperidine rings is 1. The van der Waals surface area contributed by atoms with Gasteiger partial charge in [-0.2, -0.15) is 0 Å². The largest absolute Gasteiger partial charge is 0.336 e. The van der Waals surface area contributed by atoms with Gasteiger partial charge in [0.1, 0.15) is 0 Å². The van der Waals surface area contributed by atoms with Crippen LogP contribution in [0, 0.1) is 0 Å². The second-order valence-electron chi connectivity index (χ2n) is 5.18. The van der Waals surface area contributed by atoms with Crippen LogP contribution in [0.5, 0.6) is 0 Å². The number of rotatable bonds is 4. The molecule has 1 saturated heterocycles. The standard InChI is InChI=1S/C15H23N3O.ClH/c1-2-5-14-6-3-4-9-18(14)15(19)12-7-8-17-13(10-12)11-16;/h7-8,10,14H,2-6,9,11,16H2,1H3;1H. The molecule has 5 heteroatoms. The number of nitrogens with zero attached hydrogens (tertiary/aromatic N) is 2. The van der Waals surface area contributed by atoms with Crippen molar-refractivity contribution >= 4 is 18.3 Å². The highest BCUT2D eigenvalue weighted by molar-refractivity contribution is 5.94. The Hall–Kier alpha value is -1.13. The van der Waals surface area contributed by atoms with Gasteiger partial charge in [-0.15, -0.1) is 12.4 Å². The Balaban J connectivity index is 0.00000200. The number of carbonyl (C=O) groups excluding carboxylic acids is 1. The van der Waals surface area contributed by atoms with Gasteiger partial charge in [-0.3, -0.25) is 9.78 Å². The Morgan fingerprint density at radius 1 is 1.50 bits per heavy atom. The van der Waals surface area contributed by atoms with Crippen molar-refractivity contribution in [2.45, 2.75) is 51.6 Å². The summed E-state index contributed by atoms with van der Waals surface area (Å²) in [5.41, 5.74) is 7.08. The molecule has 0 radical (unpaired) electrons. The molecular weight excluding hydrogens is 274 g/mol. The van der Waals surface area contributed by atoms with Gasteiger partial charge >= 0.3 is 0 Å². The third-order valence-electron chi connectivity index (χ3n) is 3.78. The van der Waals surface area contributed by atoms with Gasteiger partial charge in [0, 0.05) is 30.9 Å². The smallest absolute Gasteiger partial charge is 0.254 e. The van der Waals surface area contributed by atoms with Crippen LogP contribution >= 0.6 is 12.4 Å². The summed E-state index contributed by atoms with van der Waals surface area (Å²) in [6.07, 6.45) is 7.38. The number of nitrogens with two attached hydrogens (primary N) is 1. The molecule has 0 saturated carbocycles. The number of hydrogen-bond donors (Lipinski definition) is 1. The minimum Gasteiger partial charge on any atom is -0.336 e. The van der Waals surface area contributed by atoms with Crippen LogP contribution in [-0.4, -0.2) is 28.4 Å². The lowest BCUT2D eigenvalue weighted by atomic mass is 9.97. The van der Waals surface area contributed by atoms with Gasteiger partial charge in [-0.1, -0.05) is 13.3 Å². The first-order valence-corrected chi connectivity index (χ1v) is 7.22. The second-order valence-corrected chi connectivity index (χ2v) is 5.18. The van der Waals surface area contributed by atoms with E-state index >= 15 is 0 Å². The fourth-order valence-corrected chi connectivity index (χ4v) is 2.79. The van der Waals surface area contributed by atoms with Gasteiger partial charge < -0.3 is 10.6 Å². The SMILES string of the molecule is CCCC1CCCCN1C(=O)c1ccnc(CN)c1.Cl. The summed E-state index contributed by atoms with van der Waals surface area (Å²) < 4.78 is 0. The molecule has 1 aromatic heterocycles. The van der Waals surface area contributed by atoms with Gasteiger partial charge in [0.05, 0.1) is 5.69 Å². The molecule has 1 fully saturated rings. The zero-order chi connectivity index (χ0) is 13.7. The molecule has 1 atom stereocenters. The van der Waals surface area contributed by atoms with Gasteiger partial charge in [0.2, 0.25) is 0 Å². The van der Waals surface area contributed by atoms with Crippen molar-refractivity contribution in [3.05, 3.63) is 29.6 Å². The molecule has 0 aliphatic carbocycles. The molecule has 112 valence electrons. The highest BCUT2D eigenvalue weighted by Gasteiger charge is 2.26. The minimum absolute atomic E-state index is 0. The molecule has 1 unspecified atom stereocenters. The Kier molecular flexibility index (Phi) is 6.96. The molecular formula is C15H24ClN3O. The number of halogens is 1. The molecule has 2 N–H and O–H groups in total. The van der Waals surface area contributed by atoms with E-state index in [-0.39, 0.29) is 18.3 Å². The second kappa shape index (κ2) is 8.22. The Morgan fingerprint density at radius 2 is 2.30 bits per heavy atom. The van der Waals surface area contributed by atoms with Gasteiger partial charge in [0.15, 0.2) is 0 Å². The number of likely N-dealkylation sites (tertiary alicyclic amines) is 1. The Morgan fingerprint density at radius 3 is 3.00 bits per heavy atom. The summed E-state index contributed by atoms with van der Waals surface area (Å²) >= 11 is 0. The van der Waals surface area contributed by atoms with E-state index < -0.39 is 0 Å². The first kappa shape index (κ1) is 16.9. The van der Waals surface area contributed by atoms with Crippen molar-refractivity contribution in [2.24, 2.45) is 5.73 Å². The van der Waals surface area contributed by atoms with Crippen LogP contribution in [0.2, 0.25) is 0 Å². The number of hydrogen-bond acceptors (Lipinski definition) is 3. The monoisotopic (exact) mass is 297 g/mol. The molecule has 1 aliphatic heterocycles. The first-order chi connectivity index (χ1) is 9.26. The topological polar surface area (TPSA) is 59.2 Å². The fraction of sp³-hybridized carbons (Fsp3) is 0.600. The maximum absolute atomic E-state index is 12.6. The summed E-state index contributed by atoms with van der Waals surface area (Å²) in [6.45, 7) is 3.43. The van der Waals surface area contributed by atoms with Gasteiger partial charge in [-0.05, 0) is 37.8 Å². The Bertz CT molecular complexity index is 437. The molecule has 2 heterocycles. The van der Waals surface area contributed by atoms with Crippen molar-refractivity contribution in [2.75, 3.05) is 6.54 Å². The van der Waals surface area contributed by atoms with Crippen LogP contribution in [-0.2, 0) is 6.54 Å². The zero-order valence-corrected chi connectivity index (χ0v) is 12.9. The zero-order valence-electron chi connectivity index (χ0n) is 12.0. The lowest BCUT2D eigenvalue weighted by Gasteiger charge is -2.36. The Labute approximate surface area is 127 Å². The predicted molar refractivity (Wildman–Crippen MR) is 83.0 cm³/mol. The molecule has 1 aliphatic rings. The van der Waals surface area contributed by atoms with Gasteiger partial charge in [0.25, 0.3) is 5.91 Å². The summed E-state index contributed by atoms with van der Waals surface area (Å²) in [7, 11) is 0.